The minimum Gasteiger partial charge on any atom is -0.455 e. The van der Waals surface area contributed by atoms with Crippen molar-refractivity contribution >= 4 is 54.9 Å². The van der Waals surface area contributed by atoms with Gasteiger partial charge in [0.25, 0.3) is 4.83 Å². The molecule has 2 atom stereocenters. The maximum atomic E-state index is 13.7. The molecule has 1 unspecified atom stereocenters. The highest BCUT2D eigenvalue weighted by atomic mass is 32.2. The lowest BCUT2D eigenvalue weighted by atomic mass is 10.1. The molecule has 196 valence electrons. The van der Waals surface area contributed by atoms with Crippen molar-refractivity contribution in [2.24, 2.45) is 0 Å². The van der Waals surface area contributed by atoms with Crippen molar-refractivity contribution < 1.29 is 19.1 Å². The van der Waals surface area contributed by atoms with E-state index in [4.69, 9.17) is 4.74 Å². The summed E-state index contributed by atoms with van der Waals surface area (Å²) in [7, 11) is -1.04. The first kappa shape index (κ1) is 24.6. The quantitative estimate of drug-likeness (QED) is 0.216. The van der Waals surface area contributed by atoms with Crippen LogP contribution in [0.1, 0.15) is 18.4 Å². The van der Waals surface area contributed by atoms with Gasteiger partial charge < -0.3 is 15.4 Å². The number of hydrogen-bond acceptors (Lipinski definition) is 5. The van der Waals surface area contributed by atoms with Crippen LogP contribution in [0.15, 0.2) is 78.8 Å². The van der Waals surface area contributed by atoms with Crippen molar-refractivity contribution in [3.05, 3.63) is 84.4 Å². The Hall–Kier alpha value is -4.70. The van der Waals surface area contributed by atoms with Gasteiger partial charge in [0.05, 0.1) is 11.4 Å². The molecule has 0 radical (unpaired) electrons. The lowest BCUT2D eigenvalue weighted by Gasteiger charge is -2.28. The number of aromatic nitrogens is 1. The van der Waals surface area contributed by atoms with E-state index in [1.54, 1.807) is 27.4 Å². The number of carbonyl (C=O) groups excluding carboxylic acids is 3. The molecule has 1 fully saturated rings. The van der Waals surface area contributed by atoms with Gasteiger partial charge in [-0.1, -0.05) is 36.9 Å². The van der Waals surface area contributed by atoms with Gasteiger partial charge in [0.2, 0.25) is 5.91 Å². The van der Waals surface area contributed by atoms with E-state index >= 15 is 0 Å². The summed E-state index contributed by atoms with van der Waals surface area (Å²) >= 11 is 0. The molecule has 0 bridgehead atoms. The summed E-state index contributed by atoms with van der Waals surface area (Å²) < 4.78 is 6.26. The number of nitrogens with zero attached hydrogens (tertiary/aromatic N) is 3. The van der Waals surface area contributed by atoms with Crippen LogP contribution >= 0.6 is 10.5 Å². The SMILES string of the molecule is C=CC(=O)N[C@@H]1CCCN1C(=O)[s+]1cc2c3c(ccnc31)N(c1ccccc1Oc1ccccc1C)C(=O)N2. The molecule has 10 heteroatoms. The number of benzene rings is 2. The highest BCUT2D eigenvalue weighted by Gasteiger charge is 2.42. The first-order valence-corrected chi connectivity index (χ1v) is 13.9. The van der Waals surface area contributed by atoms with Gasteiger partial charge in [-0.05, 0) is 55.7 Å². The zero-order valence-corrected chi connectivity index (χ0v) is 22.0. The van der Waals surface area contributed by atoms with E-state index in [0.717, 1.165) is 12.0 Å². The fourth-order valence-electron chi connectivity index (χ4n) is 5.02. The molecule has 2 aliphatic rings. The number of amides is 4. The summed E-state index contributed by atoms with van der Waals surface area (Å²) in [5, 5.41) is 8.15. The molecule has 2 aromatic heterocycles. The molecule has 4 aromatic rings. The molecule has 0 spiro atoms. The number of hydrogen-bond donors (Lipinski definition) is 2. The van der Waals surface area contributed by atoms with E-state index < -0.39 is 16.6 Å². The lowest BCUT2D eigenvalue weighted by Crippen LogP contribution is -2.45. The van der Waals surface area contributed by atoms with E-state index in [1.807, 2.05) is 55.5 Å². The zero-order chi connectivity index (χ0) is 27.1. The monoisotopic (exact) mass is 540 g/mol. The fourth-order valence-corrected chi connectivity index (χ4v) is 6.89. The van der Waals surface area contributed by atoms with Gasteiger partial charge in [0, 0.05) is 12.7 Å². The molecule has 4 heterocycles. The number of pyridine rings is 1. The van der Waals surface area contributed by atoms with Crippen LogP contribution in [0, 0.1) is 6.92 Å². The van der Waals surface area contributed by atoms with Gasteiger partial charge in [-0.3, -0.25) is 14.6 Å². The highest BCUT2D eigenvalue weighted by Crippen LogP contribution is 2.49. The molecule has 2 aromatic carbocycles. The largest absolute Gasteiger partial charge is 0.462 e. The summed E-state index contributed by atoms with van der Waals surface area (Å²) in [6.07, 6.45) is 3.87. The third kappa shape index (κ3) is 4.28. The third-order valence-electron chi connectivity index (χ3n) is 6.88. The fraction of sp³-hybridized carbons (Fsp3) is 0.172. The Morgan fingerprint density at radius 3 is 2.69 bits per heavy atom. The summed E-state index contributed by atoms with van der Waals surface area (Å²) in [4.78, 5) is 47.6. The van der Waals surface area contributed by atoms with Gasteiger partial charge >= 0.3 is 11.3 Å². The number of thiophene rings is 1. The van der Waals surface area contributed by atoms with Crippen molar-refractivity contribution in [1.82, 2.24) is 15.2 Å². The Kier molecular flexibility index (Phi) is 6.24. The van der Waals surface area contributed by atoms with Gasteiger partial charge in [0.1, 0.15) is 33.5 Å². The molecule has 2 aliphatic heterocycles. The summed E-state index contributed by atoms with van der Waals surface area (Å²) in [5.74, 6) is 0.892. The molecule has 4 amide bonds. The smallest absolute Gasteiger partial charge is 0.455 e. The molecule has 39 heavy (non-hydrogen) atoms. The molecule has 0 saturated carbocycles. The average molecular weight is 541 g/mol. The number of anilines is 3. The van der Waals surface area contributed by atoms with Gasteiger partial charge in [-0.15, -0.1) is 0 Å². The van der Waals surface area contributed by atoms with Gasteiger partial charge in [-0.2, -0.15) is 0 Å². The zero-order valence-electron chi connectivity index (χ0n) is 21.2. The summed E-state index contributed by atoms with van der Waals surface area (Å²) in [6.45, 7) is 6.00. The molecule has 0 aliphatic carbocycles. The second-order valence-electron chi connectivity index (χ2n) is 9.31. The van der Waals surface area contributed by atoms with E-state index in [2.05, 4.69) is 22.2 Å². The van der Waals surface area contributed by atoms with Crippen molar-refractivity contribution in [3.63, 3.8) is 0 Å². The molecular formula is C29H26N5O4S+. The van der Waals surface area contributed by atoms with Gasteiger partial charge in [-0.25, -0.2) is 14.6 Å². The number of likely N-dealkylation sites (tertiary alicyclic amines) is 1. The van der Waals surface area contributed by atoms with E-state index in [-0.39, 0.29) is 17.2 Å². The number of ether oxygens (including phenoxy) is 1. The molecule has 9 nitrogen and oxygen atoms in total. The van der Waals surface area contributed by atoms with E-state index in [1.165, 1.54) is 6.08 Å². The Balaban J connectivity index is 1.40. The topological polar surface area (TPSA) is 104 Å². The van der Waals surface area contributed by atoms with Crippen molar-refractivity contribution in [2.45, 2.75) is 25.9 Å². The Labute approximate surface area is 227 Å². The normalized spacial score (nSPS) is 16.7. The van der Waals surface area contributed by atoms with Crippen molar-refractivity contribution in [1.29, 1.82) is 0 Å². The molecular weight excluding hydrogens is 514 g/mol. The average Bonchev–Trinajstić information content (AvgIpc) is 3.56. The Morgan fingerprint density at radius 2 is 1.90 bits per heavy atom. The second-order valence-corrected chi connectivity index (χ2v) is 11.0. The lowest BCUT2D eigenvalue weighted by molar-refractivity contribution is -0.117. The molecule has 2 N–H and O–H groups in total. The standard InChI is InChI=1S/C29H25N5O4S/c1-3-25(35)32-24-13-8-16-33(24)29(37)39-17-19-26-21(14-15-30-27(26)39)34(28(36)31-19)20-10-5-7-12-23(20)38-22-11-6-4-9-18(22)2/h3-7,9-12,14-15,17,24H,1,8,13,16H2,2H3,(H-,31,32,35,36)/p+1/t24-,39?/m0/s1. The third-order valence-corrected chi connectivity index (χ3v) is 8.69. The van der Waals surface area contributed by atoms with E-state index in [9.17, 15) is 14.4 Å². The number of rotatable bonds is 6. The highest BCUT2D eigenvalue weighted by molar-refractivity contribution is 7.54. The minimum atomic E-state index is -1.04. The minimum absolute atomic E-state index is 0.145. The van der Waals surface area contributed by atoms with Crippen molar-refractivity contribution in [2.75, 3.05) is 16.8 Å². The number of para-hydroxylation sites is 3. The van der Waals surface area contributed by atoms with Crippen LogP contribution in [-0.4, -0.2) is 39.8 Å². The number of aryl methyl sites for hydroxylation is 1. The number of carbonyl (C=O) groups is 3. The van der Waals surface area contributed by atoms with Crippen LogP contribution < -0.4 is 20.3 Å². The van der Waals surface area contributed by atoms with Crippen LogP contribution in [0.4, 0.5) is 26.7 Å². The predicted octanol–water partition coefficient (Wildman–Crippen LogP) is 6.46. The molecule has 6 rings (SSSR count). The Bertz CT molecular complexity index is 1650. The molecule has 1 saturated heterocycles. The van der Waals surface area contributed by atoms with Crippen LogP contribution in [0.3, 0.4) is 0 Å². The van der Waals surface area contributed by atoms with Crippen LogP contribution in [0.25, 0.3) is 10.2 Å². The maximum absolute atomic E-state index is 13.7. The van der Waals surface area contributed by atoms with Crippen LogP contribution in [-0.2, 0) is 4.79 Å². The summed E-state index contributed by atoms with van der Waals surface area (Å²) in [5.41, 5.74) is 2.72. The second kappa shape index (κ2) is 9.88. The predicted molar refractivity (Wildman–Crippen MR) is 152 cm³/mol. The first-order chi connectivity index (χ1) is 19.0. The van der Waals surface area contributed by atoms with Crippen LogP contribution in [0.2, 0.25) is 0 Å². The summed E-state index contributed by atoms with van der Waals surface area (Å²) in [6, 6.07) is 16.4. The van der Waals surface area contributed by atoms with Gasteiger partial charge in [0.15, 0.2) is 11.1 Å². The first-order valence-electron chi connectivity index (χ1n) is 12.6. The van der Waals surface area contributed by atoms with E-state index in [0.29, 0.717) is 51.7 Å². The number of nitrogens with one attached hydrogen (secondary N) is 2. The van der Waals surface area contributed by atoms with Crippen LogP contribution in [0.5, 0.6) is 11.5 Å². The maximum Gasteiger partial charge on any atom is 0.462 e. The number of urea groups is 1. The Morgan fingerprint density at radius 1 is 1.13 bits per heavy atom. The van der Waals surface area contributed by atoms with Crippen molar-refractivity contribution in [3.8, 4) is 11.5 Å².